The van der Waals surface area contributed by atoms with Gasteiger partial charge in [0.05, 0.1) is 5.25 Å². The molecule has 0 saturated carbocycles. The molecule has 1 aliphatic rings. The Morgan fingerprint density at radius 1 is 1.05 bits per heavy atom. The van der Waals surface area contributed by atoms with Gasteiger partial charge in [0.1, 0.15) is 25.5 Å². The van der Waals surface area contributed by atoms with Crippen LogP contribution in [0.4, 0.5) is 5.69 Å². The van der Waals surface area contributed by atoms with E-state index < -0.39 is 41.5 Å². The maximum absolute atomic E-state index is 12.4. The van der Waals surface area contributed by atoms with E-state index in [1.54, 1.807) is 12.1 Å². The van der Waals surface area contributed by atoms with Crippen molar-refractivity contribution in [3.63, 3.8) is 0 Å². The first-order valence-electron chi connectivity index (χ1n) is 12.8. The van der Waals surface area contributed by atoms with Gasteiger partial charge in [0.15, 0.2) is 0 Å². The van der Waals surface area contributed by atoms with E-state index in [0.717, 1.165) is 28.6 Å². The van der Waals surface area contributed by atoms with Crippen molar-refractivity contribution in [3.05, 3.63) is 29.8 Å². The van der Waals surface area contributed by atoms with Crippen molar-refractivity contribution < 1.29 is 38.3 Å². The number of rotatable bonds is 17. The Balaban J connectivity index is 1.61. The number of carbonyl (C=O) groups excluding carboxylic acids is 7. The zero-order chi connectivity index (χ0) is 29.5. The predicted molar refractivity (Wildman–Crippen MR) is 147 cm³/mol. The summed E-state index contributed by atoms with van der Waals surface area (Å²) >= 11 is 1.15. The van der Waals surface area contributed by atoms with Gasteiger partial charge in [0, 0.05) is 50.8 Å². The minimum Gasteiger partial charge on any atom is -0.362 e. The molecule has 4 N–H and O–H groups in total. The Morgan fingerprint density at radius 2 is 1.75 bits per heavy atom. The second-order valence-electron chi connectivity index (χ2n) is 8.83. The highest BCUT2D eigenvalue weighted by Crippen LogP contribution is 2.25. The van der Waals surface area contributed by atoms with Gasteiger partial charge in [0.2, 0.25) is 35.4 Å². The second kappa shape index (κ2) is 17.0. The molecule has 1 saturated heterocycles. The third-order valence-electron chi connectivity index (χ3n) is 5.83. The van der Waals surface area contributed by atoms with Gasteiger partial charge in [-0.1, -0.05) is 19.1 Å². The van der Waals surface area contributed by atoms with Crippen LogP contribution in [0, 0.1) is 0 Å². The zero-order valence-electron chi connectivity index (χ0n) is 22.5. The lowest BCUT2D eigenvalue weighted by molar-refractivity contribution is -0.138. The summed E-state index contributed by atoms with van der Waals surface area (Å²) in [4.78, 5) is 84.4. The SMILES string of the molecule is CCc1ccc(NC(=O)COCC(=O)NC[C@@H](C=O)NC(=O)CCSC2CC(=O)N(CCC(=O)NC)C2=O)cc1. The standard InChI is InChI=1S/C26H35N5O8S/c1-3-17-4-6-18(7-5-17)29-24(36)16-39-15-23(35)28-13-19(14-32)30-22(34)9-11-40-20-12-25(37)31(26(20)38)10-8-21(33)27-2/h4-7,14,19-20H,3,8-13,15-16H2,1-2H3,(H,27,33)(H,28,35)(H,29,36)(H,30,34)/t19-,20?/m0/s1. The molecule has 1 aromatic carbocycles. The fraction of sp³-hybridized carbons (Fsp3) is 0.500. The normalized spacial score (nSPS) is 15.3. The van der Waals surface area contributed by atoms with Crippen LogP contribution in [-0.2, 0) is 44.7 Å². The first-order chi connectivity index (χ1) is 19.2. The summed E-state index contributed by atoms with van der Waals surface area (Å²) < 4.78 is 5.10. The molecule has 1 unspecified atom stereocenters. The van der Waals surface area contributed by atoms with Gasteiger partial charge >= 0.3 is 0 Å². The summed E-state index contributed by atoms with van der Waals surface area (Å²) in [5.41, 5.74) is 1.75. The van der Waals surface area contributed by atoms with Crippen LogP contribution in [0.2, 0.25) is 0 Å². The molecule has 1 aliphatic heterocycles. The van der Waals surface area contributed by atoms with Crippen molar-refractivity contribution in [2.75, 3.05) is 44.4 Å². The third-order valence-corrected chi connectivity index (χ3v) is 7.04. The highest BCUT2D eigenvalue weighted by atomic mass is 32.2. The molecule has 2 atom stereocenters. The quantitative estimate of drug-likeness (QED) is 0.139. The van der Waals surface area contributed by atoms with Crippen LogP contribution in [0.15, 0.2) is 24.3 Å². The summed E-state index contributed by atoms with van der Waals surface area (Å²) in [5.74, 6) is -2.26. The van der Waals surface area contributed by atoms with E-state index >= 15 is 0 Å². The largest absolute Gasteiger partial charge is 0.362 e. The number of aldehydes is 1. The van der Waals surface area contributed by atoms with Crippen molar-refractivity contribution in [3.8, 4) is 0 Å². The van der Waals surface area contributed by atoms with Gasteiger partial charge in [-0.15, -0.1) is 11.8 Å². The van der Waals surface area contributed by atoms with E-state index in [-0.39, 0.29) is 56.5 Å². The maximum atomic E-state index is 12.4. The highest BCUT2D eigenvalue weighted by Gasteiger charge is 2.38. The lowest BCUT2D eigenvalue weighted by Gasteiger charge is -2.15. The number of amides is 6. The molecule has 0 bridgehead atoms. The van der Waals surface area contributed by atoms with E-state index in [4.69, 9.17) is 4.74 Å². The molecule has 1 fully saturated rings. The Bertz CT molecular complexity index is 1080. The molecule has 1 heterocycles. The van der Waals surface area contributed by atoms with Crippen molar-refractivity contribution in [2.45, 2.75) is 43.9 Å². The summed E-state index contributed by atoms with van der Waals surface area (Å²) in [5, 5.41) is 9.39. The molecule has 40 heavy (non-hydrogen) atoms. The summed E-state index contributed by atoms with van der Waals surface area (Å²) in [6.45, 7) is 1.11. The number of benzene rings is 1. The topological polar surface area (TPSA) is 180 Å². The van der Waals surface area contributed by atoms with Crippen LogP contribution in [-0.4, -0.2) is 97.0 Å². The number of nitrogens with zero attached hydrogens (tertiary/aromatic N) is 1. The summed E-state index contributed by atoms with van der Waals surface area (Å²) in [6, 6.07) is 6.36. The van der Waals surface area contributed by atoms with E-state index in [1.165, 1.54) is 7.05 Å². The molecular weight excluding hydrogens is 542 g/mol. The Hall–Kier alpha value is -3.78. The van der Waals surface area contributed by atoms with Crippen molar-refractivity contribution >= 4 is 59.2 Å². The fourth-order valence-electron chi connectivity index (χ4n) is 3.59. The molecule has 0 aromatic heterocycles. The van der Waals surface area contributed by atoms with Gasteiger partial charge in [-0.25, -0.2) is 0 Å². The minimum absolute atomic E-state index is 0.00234. The predicted octanol–water partition coefficient (Wildman–Crippen LogP) is -0.609. The molecule has 0 radical (unpaired) electrons. The number of nitrogens with one attached hydrogen (secondary N) is 4. The molecule has 218 valence electrons. The Kier molecular flexibility index (Phi) is 13.8. The average Bonchev–Trinajstić information content (AvgIpc) is 3.21. The van der Waals surface area contributed by atoms with Crippen LogP contribution in [0.3, 0.4) is 0 Å². The zero-order valence-corrected chi connectivity index (χ0v) is 23.3. The minimum atomic E-state index is -0.981. The number of anilines is 1. The van der Waals surface area contributed by atoms with Gasteiger partial charge in [-0.3, -0.25) is 33.7 Å². The molecule has 13 nitrogen and oxygen atoms in total. The van der Waals surface area contributed by atoms with Crippen LogP contribution in [0.1, 0.15) is 31.7 Å². The number of hydrogen-bond acceptors (Lipinski definition) is 9. The number of likely N-dealkylation sites (tertiary alicyclic amines) is 1. The van der Waals surface area contributed by atoms with Crippen LogP contribution >= 0.6 is 11.8 Å². The number of thioether (sulfide) groups is 1. The molecule has 2 rings (SSSR count). The van der Waals surface area contributed by atoms with Gasteiger partial charge in [-0.2, -0.15) is 0 Å². The Labute approximate surface area is 236 Å². The summed E-state index contributed by atoms with van der Waals surface area (Å²) in [7, 11) is 1.47. The average molecular weight is 578 g/mol. The summed E-state index contributed by atoms with van der Waals surface area (Å²) in [6.07, 6.45) is 1.37. The maximum Gasteiger partial charge on any atom is 0.250 e. The van der Waals surface area contributed by atoms with Crippen LogP contribution < -0.4 is 21.3 Å². The molecular formula is C26H35N5O8S. The van der Waals surface area contributed by atoms with Crippen molar-refractivity contribution in [2.24, 2.45) is 0 Å². The number of ether oxygens (including phenoxy) is 1. The Morgan fingerprint density at radius 3 is 2.40 bits per heavy atom. The lowest BCUT2D eigenvalue weighted by Crippen LogP contribution is -2.45. The monoisotopic (exact) mass is 577 g/mol. The van der Waals surface area contributed by atoms with E-state index in [1.807, 2.05) is 19.1 Å². The van der Waals surface area contributed by atoms with E-state index in [2.05, 4.69) is 21.3 Å². The molecule has 6 amide bonds. The highest BCUT2D eigenvalue weighted by molar-refractivity contribution is 8.00. The van der Waals surface area contributed by atoms with Crippen molar-refractivity contribution in [1.82, 2.24) is 20.9 Å². The number of aryl methyl sites for hydroxylation is 1. The van der Waals surface area contributed by atoms with E-state index in [0.29, 0.717) is 12.0 Å². The molecule has 1 aromatic rings. The smallest absolute Gasteiger partial charge is 0.250 e. The van der Waals surface area contributed by atoms with Crippen LogP contribution in [0.5, 0.6) is 0 Å². The fourth-order valence-corrected chi connectivity index (χ4v) is 4.71. The molecule has 14 heteroatoms. The van der Waals surface area contributed by atoms with E-state index in [9.17, 15) is 33.6 Å². The van der Waals surface area contributed by atoms with Crippen LogP contribution in [0.25, 0.3) is 0 Å². The van der Waals surface area contributed by atoms with Gasteiger partial charge < -0.3 is 30.8 Å². The third kappa shape index (κ3) is 11.1. The molecule has 0 aliphatic carbocycles. The van der Waals surface area contributed by atoms with Gasteiger partial charge in [0.25, 0.3) is 0 Å². The lowest BCUT2D eigenvalue weighted by atomic mass is 10.1. The first-order valence-corrected chi connectivity index (χ1v) is 13.9. The number of imide groups is 1. The number of carbonyl (C=O) groups is 7. The first kappa shape index (κ1) is 32.4. The van der Waals surface area contributed by atoms with Crippen molar-refractivity contribution in [1.29, 1.82) is 0 Å². The number of hydrogen-bond donors (Lipinski definition) is 4. The van der Waals surface area contributed by atoms with Gasteiger partial charge in [-0.05, 0) is 24.1 Å². The molecule has 0 spiro atoms. The second-order valence-corrected chi connectivity index (χ2v) is 10.1.